The molecule has 0 aliphatic carbocycles. The van der Waals surface area contributed by atoms with Crippen molar-refractivity contribution in [2.45, 2.75) is 20.3 Å². The van der Waals surface area contributed by atoms with E-state index in [0.717, 1.165) is 22.9 Å². The van der Waals surface area contributed by atoms with Gasteiger partial charge < -0.3 is 15.5 Å². The van der Waals surface area contributed by atoms with Gasteiger partial charge in [0.2, 0.25) is 0 Å². The molecule has 0 spiro atoms. The van der Waals surface area contributed by atoms with E-state index in [9.17, 15) is 14.7 Å². The summed E-state index contributed by atoms with van der Waals surface area (Å²) in [7, 11) is 0. The van der Waals surface area contributed by atoms with Gasteiger partial charge in [-0.3, -0.25) is 4.79 Å². The molecule has 3 N–H and O–H groups in total. The Morgan fingerprint density at radius 1 is 1.29 bits per heavy atom. The van der Waals surface area contributed by atoms with Gasteiger partial charge in [0.1, 0.15) is 5.75 Å². The van der Waals surface area contributed by atoms with Crippen LogP contribution in [0.3, 0.4) is 0 Å². The first-order chi connectivity index (χ1) is 9.92. The summed E-state index contributed by atoms with van der Waals surface area (Å²) in [5, 5.41) is 21.2. The molecular weight excluding hydrogens is 290 g/mol. The maximum absolute atomic E-state index is 12.1. The Kier molecular flexibility index (Phi) is 4.28. The Morgan fingerprint density at radius 2 is 2.00 bits per heavy atom. The van der Waals surface area contributed by atoms with Crippen LogP contribution in [0.15, 0.2) is 24.3 Å². The monoisotopic (exact) mass is 305 g/mol. The number of carbonyl (C=O) groups is 2. The van der Waals surface area contributed by atoms with Gasteiger partial charge >= 0.3 is 5.97 Å². The van der Waals surface area contributed by atoms with Gasteiger partial charge in [-0.25, -0.2) is 4.79 Å². The highest BCUT2D eigenvalue weighted by Crippen LogP contribution is 2.27. The molecule has 0 saturated heterocycles. The predicted octanol–water partition coefficient (Wildman–Crippen LogP) is 3.28. The molecule has 110 valence electrons. The van der Waals surface area contributed by atoms with Crippen LogP contribution in [0, 0.1) is 6.92 Å². The second-order valence-corrected chi connectivity index (χ2v) is 5.79. The summed E-state index contributed by atoms with van der Waals surface area (Å²) in [6, 6.07) is 5.64. The molecule has 0 aliphatic heterocycles. The predicted molar refractivity (Wildman–Crippen MR) is 81.5 cm³/mol. The van der Waals surface area contributed by atoms with E-state index < -0.39 is 5.97 Å². The van der Waals surface area contributed by atoms with Crippen LogP contribution in [0.2, 0.25) is 0 Å². The number of aromatic hydroxyl groups is 1. The van der Waals surface area contributed by atoms with Gasteiger partial charge in [0.05, 0.1) is 16.1 Å². The van der Waals surface area contributed by atoms with Crippen molar-refractivity contribution in [2.75, 3.05) is 5.32 Å². The lowest BCUT2D eigenvalue weighted by atomic mass is 10.2. The topological polar surface area (TPSA) is 86.6 Å². The molecule has 0 atom stereocenters. The molecular formula is C15H15NO4S. The van der Waals surface area contributed by atoms with Crippen molar-refractivity contribution in [3.05, 3.63) is 45.1 Å². The number of rotatable bonds is 4. The Hall–Kier alpha value is -2.34. The molecule has 1 aromatic carbocycles. The standard InChI is InChI=1S/C15H15NO4S/c1-3-9-7-13(21-8(9)2)14(18)16-11-5-4-10(15(19)20)6-12(11)17/h4-7,17H,3H2,1-2H3,(H,16,18)(H,19,20). The summed E-state index contributed by atoms with van der Waals surface area (Å²) in [6.07, 6.45) is 0.855. The minimum atomic E-state index is -1.13. The average Bonchev–Trinajstić information content (AvgIpc) is 2.82. The quantitative estimate of drug-likeness (QED) is 0.757. The largest absolute Gasteiger partial charge is 0.506 e. The number of carboxylic acid groups (broad SMARTS) is 1. The third kappa shape index (κ3) is 3.22. The highest BCUT2D eigenvalue weighted by atomic mass is 32.1. The molecule has 2 rings (SSSR count). The zero-order chi connectivity index (χ0) is 15.6. The lowest BCUT2D eigenvalue weighted by Gasteiger charge is -2.06. The lowest BCUT2D eigenvalue weighted by molar-refractivity contribution is 0.0696. The molecule has 0 radical (unpaired) electrons. The molecule has 6 heteroatoms. The van der Waals surface area contributed by atoms with E-state index in [1.807, 2.05) is 19.9 Å². The second kappa shape index (κ2) is 5.97. The van der Waals surface area contributed by atoms with Crippen molar-refractivity contribution in [1.29, 1.82) is 0 Å². The van der Waals surface area contributed by atoms with Crippen molar-refractivity contribution < 1.29 is 19.8 Å². The fourth-order valence-electron chi connectivity index (χ4n) is 1.94. The molecule has 0 unspecified atom stereocenters. The van der Waals surface area contributed by atoms with Crippen molar-refractivity contribution in [1.82, 2.24) is 0 Å². The molecule has 5 nitrogen and oxygen atoms in total. The van der Waals surface area contributed by atoms with Crippen LogP contribution < -0.4 is 5.32 Å². The molecule has 1 aromatic heterocycles. The van der Waals surface area contributed by atoms with Gasteiger partial charge in [-0.15, -0.1) is 11.3 Å². The van der Waals surface area contributed by atoms with E-state index in [0.29, 0.717) is 4.88 Å². The summed E-state index contributed by atoms with van der Waals surface area (Å²) in [5.74, 6) is -1.72. The summed E-state index contributed by atoms with van der Waals surface area (Å²) in [6.45, 7) is 3.98. The number of carboxylic acids is 1. The normalized spacial score (nSPS) is 10.4. The summed E-state index contributed by atoms with van der Waals surface area (Å²) in [4.78, 5) is 24.6. The summed E-state index contributed by atoms with van der Waals surface area (Å²) >= 11 is 1.39. The smallest absolute Gasteiger partial charge is 0.335 e. The van der Waals surface area contributed by atoms with Gasteiger partial charge in [-0.2, -0.15) is 0 Å². The number of anilines is 1. The lowest BCUT2D eigenvalue weighted by Crippen LogP contribution is -2.10. The first-order valence-corrected chi connectivity index (χ1v) is 7.21. The highest BCUT2D eigenvalue weighted by molar-refractivity contribution is 7.14. The Labute approximate surface area is 125 Å². The molecule has 21 heavy (non-hydrogen) atoms. The minimum absolute atomic E-state index is 0.0364. The third-order valence-electron chi connectivity index (χ3n) is 3.12. The minimum Gasteiger partial charge on any atom is -0.506 e. The fraction of sp³-hybridized carbons (Fsp3) is 0.200. The number of phenols is 1. The van der Waals surface area contributed by atoms with Crippen molar-refractivity contribution in [3.63, 3.8) is 0 Å². The number of hydrogen-bond donors (Lipinski definition) is 3. The van der Waals surface area contributed by atoms with E-state index in [4.69, 9.17) is 5.11 Å². The number of aromatic carboxylic acids is 1. The van der Waals surface area contributed by atoms with Crippen LogP contribution in [-0.4, -0.2) is 22.1 Å². The van der Waals surface area contributed by atoms with Crippen LogP contribution >= 0.6 is 11.3 Å². The first-order valence-electron chi connectivity index (χ1n) is 6.39. The van der Waals surface area contributed by atoms with Gasteiger partial charge in [0, 0.05) is 4.88 Å². The van der Waals surface area contributed by atoms with E-state index in [1.165, 1.54) is 23.5 Å². The van der Waals surface area contributed by atoms with E-state index in [1.54, 1.807) is 0 Å². The van der Waals surface area contributed by atoms with Crippen LogP contribution in [0.1, 0.15) is 37.4 Å². The first kappa shape index (κ1) is 15.1. The average molecular weight is 305 g/mol. The zero-order valence-electron chi connectivity index (χ0n) is 11.6. The number of hydrogen-bond acceptors (Lipinski definition) is 4. The van der Waals surface area contributed by atoms with Crippen molar-refractivity contribution in [2.24, 2.45) is 0 Å². The Morgan fingerprint density at radius 3 is 2.52 bits per heavy atom. The van der Waals surface area contributed by atoms with Crippen LogP contribution in [0.4, 0.5) is 5.69 Å². The van der Waals surface area contributed by atoms with Gasteiger partial charge in [0.25, 0.3) is 5.91 Å². The Balaban J connectivity index is 2.21. The van der Waals surface area contributed by atoms with Crippen molar-refractivity contribution in [3.8, 4) is 5.75 Å². The SMILES string of the molecule is CCc1cc(C(=O)Nc2ccc(C(=O)O)cc2O)sc1C. The second-order valence-electron chi connectivity index (χ2n) is 4.54. The maximum Gasteiger partial charge on any atom is 0.335 e. The number of aryl methyl sites for hydroxylation is 2. The van der Waals surface area contributed by atoms with Crippen molar-refractivity contribution >= 4 is 28.9 Å². The number of benzene rings is 1. The maximum atomic E-state index is 12.1. The van der Waals surface area contributed by atoms with Gasteiger partial charge in [-0.05, 0) is 43.2 Å². The number of amides is 1. The molecule has 1 heterocycles. The third-order valence-corrected chi connectivity index (χ3v) is 4.21. The van der Waals surface area contributed by atoms with Gasteiger partial charge in [0.15, 0.2) is 0 Å². The summed E-state index contributed by atoms with van der Waals surface area (Å²) in [5.41, 5.74) is 1.27. The number of nitrogens with one attached hydrogen (secondary N) is 1. The molecule has 2 aromatic rings. The molecule has 0 saturated carbocycles. The fourth-order valence-corrected chi connectivity index (χ4v) is 2.95. The summed E-state index contributed by atoms with van der Waals surface area (Å²) < 4.78 is 0. The highest BCUT2D eigenvalue weighted by Gasteiger charge is 2.14. The zero-order valence-corrected chi connectivity index (χ0v) is 12.5. The van der Waals surface area contributed by atoms with E-state index in [-0.39, 0.29) is 22.9 Å². The number of thiophene rings is 1. The molecule has 0 fully saturated rings. The van der Waals surface area contributed by atoms with Crippen LogP contribution in [0.5, 0.6) is 5.75 Å². The molecule has 0 aliphatic rings. The molecule has 0 bridgehead atoms. The molecule has 1 amide bonds. The van der Waals surface area contributed by atoms with E-state index in [2.05, 4.69) is 5.32 Å². The number of phenolic OH excluding ortho intramolecular Hbond substituents is 1. The number of carbonyl (C=O) groups excluding carboxylic acids is 1. The van der Waals surface area contributed by atoms with E-state index >= 15 is 0 Å². The van der Waals surface area contributed by atoms with Crippen LogP contribution in [-0.2, 0) is 6.42 Å². The van der Waals surface area contributed by atoms with Crippen LogP contribution in [0.25, 0.3) is 0 Å². The Bertz CT molecular complexity index is 706. The van der Waals surface area contributed by atoms with Gasteiger partial charge in [-0.1, -0.05) is 6.92 Å².